The smallest absolute Gasteiger partial charge is 0.231 e. The maximum absolute atomic E-state index is 11.0. The van der Waals surface area contributed by atoms with Crippen LogP contribution in [0.15, 0.2) is 16.8 Å². The molecule has 0 unspecified atom stereocenters. The molecule has 64 valence electrons. The van der Waals surface area contributed by atoms with Crippen LogP contribution in [-0.4, -0.2) is 10.9 Å². The van der Waals surface area contributed by atoms with E-state index in [9.17, 15) is 4.79 Å². The van der Waals surface area contributed by atoms with Crippen molar-refractivity contribution in [3.05, 3.63) is 16.8 Å². The second-order valence-corrected chi connectivity index (χ2v) is 3.51. The van der Waals surface area contributed by atoms with Gasteiger partial charge in [-0.25, -0.2) is 0 Å². The van der Waals surface area contributed by atoms with Gasteiger partial charge in [-0.15, -0.1) is 0 Å². The van der Waals surface area contributed by atoms with Gasteiger partial charge in [0, 0.05) is 5.38 Å². The summed E-state index contributed by atoms with van der Waals surface area (Å²) < 4.78 is 0. The molecule has 1 heterocycles. The highest BCUT2D eigenvalue weighted by Gasteiger charge is 2.02. The molecule has 0 aliphatic rings. The molecule has 0 aromatic carbocycles. The second kappa shape index (κ2) is 4.18. The third kappa shape index (κ3) is 2.98. The molecule has 12 heavy (non-hydrogen) atoms. The van der Waals surface area contributed by atoms with Gasteiger partial charge in [0.2, 0.25) is 5.91 Å². The fourth-order valence-corrected chi connectivity index (χ4v) is 1.42. The molecule has 1 rings (SSSR count). The zero-order valence-electron chi connectivity index (χ0n) is 6.24. The third-order valence-corrected chi connectivity index (χ3v) is 1.97. The largest absolute Gasteiger partial charge is 0.393 e. The van der Waals surface area contributed by atoms with E-state index < -0.39 is 0 Å². The van der Waals surface area contributed by atoms with Crippen molar-refractivity contribution in [2.24, 2.45) is 5.73 Å². The molecule has 0 radical (unpaired) electrons. The van der Waals surface area contributed by atoms with Crippen LogP contribution < -0.4 is 11.1 Å². The number of hydrogen-bond acceptors (Lipinski definition) is 3. The summed E-state index contributed by atoms with van der Waals surface area (Å²) in [4.78, 5) is 11.3. The quantitative estimate of drug-likeness (QED) is 0.724. The molecule has 1 aromatic heterocycles. The van der Waals surface area contributed by atoms with E-state index in [0.29, 0.717) is 0 Å². The van der Waals surface area contributed by atoms with Crippen LogP contribution in [0.4, 0.5) is 5.69 Å². The van der Waals surface area contributed by atoms with Gasteiger partial charge in [-0.3, -0.25) is 4.79 Å². The van der Waals surface area contributed by atoms with Crippen LogP contribution in [-0.2, 0) is 4.79 Å². The summed E-state index contributed by atoms with van der Waals surface area (Å²) in [5.74, 6) is -0.166. The topological polar surface area (TPSA) is 55.1 Å². The molecule has 0 atom stereocenters. The van der Waals surface area contributed by atoms with E-state index in [1.165, 1.54) is 11.3 Å². The normalized spacial score (nSPS) is 9.33. The molecule has 1 amide bonds. The highest BCUT2D eigenvalue weighted by molar-refractivity contribution is 7.80. The van der Waals surface area contributed by atoms with Crippen LogP contribution >= 0.6 is 23.6 Å². The Morgan fingerprint density at radius 3 is 3.00 bits per heavy atom. The standard InChI is InChI=1S/C7H8N2OS2/c8-6(11)3-7(10)9-5-1-2-12-4-5/h1-2,4H,3H2,(H2,8,11)(H,9,10). The first-order chi connectivity index (χ1) is 5.68. The summed E-state index contributed by atoms with van der Waals surface area (Å²) >= 11 is 6.11. The first-order valence-corrected chi connectivity index (χ1v) is 4.64. The zero-order chi connectivity index (χ0) is 8.97. The van der Waals surface area contributed by atoms with Crippen molar-refractivity contribution >= 4 is 40.1 Å². The molecule has 0 aliphatic heterocycles. The monoisotopic (exact) mass is 200 g/mol. The molecule has 1 aromatic rings. The molecule has 0 saturated heterocycles. The van der Waals surface area contributed by atoms with Crippen molar-refractivity contribution in [3.8, 4) is 0 Å². The Hall–Kier alpha value is -0.940. The van der Waals surface area contributed by atoms with Gasteiger partial charge in [0.1, 0.15) is 0 Å². The minimum Gasteiger partial charge on any atom is -0.393 e. The van der Waals surface area contributed by atoms with Gasteiger partial charge in [0.15, 0.2) is 0 Å². The fourth-order valence-electron chi connectivity index (χ4n) is 0.699. The van der Waals surface area contributed by atoms with Crippen molar-refractivity contribution in [2.45, 2.75) is 6.42 Å². The van der Waals surface area contributed by atoms with Crippen LogP contribution in [0, 0.1) is 0 Å². The molecular weight excluding hydrogens is 192 g/mol. The van der Waals surface area contributed by atoms with Crippen molar-refractivity contribution in [1.29, 1.82) is 0 Å². The van der Waals surface area contributed by atoms with E-state index in [1.54, 1.807) is 0 Å². The van der Waals surface area contributed by atoms with Crippen LogP contribution in [0.25, 0.3) is 0 Å². The highest BCUT2D eigenvalue weighted by Crippen LogP contribution is 2.11. The van der Waals surface area contributed by atoms with Gasteiger partial charge in [0.05, 0.1) is 17.1 Å². The number of rotatable bonds is 3. The summed E-state index contributed by atoms with van der Waals surface area (Å²) in [6.45, 7) is 0. The van der Waals surface area contributed by atoms with Crippen molar-refractivity contribution in [2.75, 3.05) is 5.32 Å². The Morgan fingerprint density at radius 1 is 1.75 bits per heavy atom. The summed E-state index contributed by atoms with van der Waals surface area (Å²) in [5, 5.41) is 6.39. The maximum Gasteiger partial charge on any atom is 0.231 e. The number of hydrogen-bond donors (Lipinski definition) is 2. The number of nitrogens with one attached hydrogen (secondary N) is 1. The van der Waals surface area contributed by atoms with Crippen LogP contribution in [0.2, 0.25) is 0 Å². The van der Waals surface area contributed by atoms with Gasteiger partial charge in [-0.1, -0.05) is 12.2 Å². The highest BCUT2D eigenvalue weighted by atomic mass is 32.1. The molecule has 0 aliphatic carbocycles. The van der Waals surface area contributed by atoms with Crippen LogP contribution in [0.1, 0.15) is 6.42 Å². The molecule has 0 fully saturated rings. The van der Waals surface area contributed by atoms with E-state index in [2.05, 4.69) is 17.5 Å². The number of thiophene rings is 1. The predicted octanol–water partition coefficient (Wildman–Crippen LogP) is 1.36. The minimum atomic E-state index is -0.166. The van der Waals surface area contributed by atoms with E-state index in [-0.39, 0.29) is 17.3 Å². The summed E-state index contributed by atoms with van der Waals surface area (Å²) in [7, 11) is 0. The van der Waals surface area contributed by atoms with Crippen molar-refractivity contribution < 1.29 is 4.79 Å². The maximum atomic E-state index is 11.0. The van der Waals surface area contributed by atoms with Gasteiger partial charge in [-0.05, 0) is 11.4 Å². The van der Waals surface area contributed by atoms with Crippen molar-refractivity contribution in [3.63, 3.8) is 0 Å². The molecule has 0 spiro atoms. The first kappa shape index (κ1) is 9.15. The molecule has 3 nitrogen and oxygen atoms in total. The lowest BCUT2D eigenvalue weighted by molar-refractivity contribution is -0.115. The van der Waals surface area contributed by atoms with E-state index in [4.69, 9.17) is 5.73 Å². The average molecular weight is 200 g/mol. The molecule has 0 saturated carbocycles. The number of amides is 1. The SMILES string of the molecule is NC(=S)CC(=O)Nc1ccsc1. The lowest BCUT2D eigenvalue weighted by Crippen LogP contribution is -2.19. The number of thiocarbonyl (C=S) groups is 1. The third-order valence-electron chi connectivity index (χ3n) is 1.14. The lowest BCUT2D eigenvalue weighted by atomic mass is 10.4. The summed E-state index contributed by atoms with van der Waals surface area (Å²) in [5.41, 5.74) is 5.99. The van der Waals surface area contributed by atoms with Gasteiger partial charge < -0.3 is 11.1 Å². The molecule has 0 bridgehead atoms. The lowest BCUT2D eigenvalue weighted by Gasteiger charge is -1.99. The number of anilines is 1. The zero-order valence-corrected chi connectivity index (χ0v) is 7.87. The Morgan fingerprint density at radius 2 is 2.50 bits per heavy atom. The average Bonchev–Trinajstić information content (AvgIpc) is 2.37. The minimum absolute atomic E-state index is 0.102. The first-order valence-electron chi connectivity index (χ1n) is 3.29. The van der Waals surface area contributed by atoms with E-state index >= 15 is 0 Å². The summed E-state index contributed by atoms with van der Waals surface area (Å²) in [6, 6.07) is 1.82. The molecular formula is C7H8N2OS2. The van der Waals surface area contributed by atoms with Crippen LogP contribution in [0.3, 0.4) is 0 Å². The van der Waals surface area contributed by atoms with Gasteiger partial charge in [-0.2, -0.15) is 11.3 Å². The number of nitrogens with two attached hydrogens (primary N) is 1. The van der Waals surface area contributed by atoms with Crippen LogP contribution in [0.5, 0.6) is 0 Å². The van der Waals surface area contributed by atoms with E-state index in [1.807, 2.05) is 16.8 Å². The molecule has 3 N–H and O–H groups in total. The van der Waals surface area contributed by atoms with Gasteiger partial charge >= 0.3 is 0 Å². The Kier molecular flexibility index (Phi) is 3.19. The summed E-state index contributed by atoms with van der Waals surface area (Å²) in [6.07, 6.45) is 0.102. The predicted molar refractivity (Wildman–Crippen MR) is 54.4 cm³/mol. The van der Waals surface area contributed by atoms with E-state index in [0.717, 1.165) is 5.69 Å². The Balaban J connectivity index is 2.42. The molecule has 5 heteroatoms. The van der Waals surface area contributed by atoms with Gasteiger partial charge in [0.25, 0.3) is 0 Å². The Labute approximate surface area is 79.6 Å². The number of carbonyl (C=O) groups is 1. The fraction of sp³-hybridized carbons (Fsp3) is 0.143. The number of carbonyl (C=O) groups excluding carboxylic acids is 1. The van der Waals surface area contributed by atoms with Crippen molar-refractivity contribution in [1.82, 2.24) is 0 Å². The second-order valence-electron chi connectivity index (χ2n) is 2.20. The Bertz CT molecular complexity index is 282.